The van der Waals surface area contributed by atoms with Gasteiger partial charge in [-0.3, -0.25) is 4.40 Å². The van der Waals surface area contributed by atoms with Crippen molar-refractivity contribution in [2.24, 2.45) is 0 Å². The zero-order valence-electron chi connectivity index (χ0n) is 11.2. The van der Waals surface area contributed by atoms with Crippen LogP contribution < -0.4 is 0 Å². The lowest BCUT2D eigenvalue weighted by molar-refractivity contribution is -0.0509. The van der Waals surface area contributed by atoms with E-state index < -0.39 is 24.5 Å². The summed E-state index contributed by atoms with van der Waals surface area (Å²) in [5.74, 6) is 0. The summed E-state index contributed by atoms with van der Waals surface area (Å²) >= 11 is 3.47. The Kier molecular flexibility index (Phi) is 3.20. The lowest BCUT2D eigenvalue weighted by atomic mass is 10.1. The Labute approximate surface area is 132 Å². The van der Waals surface area contributed by atoms with Crippen molar-refractivity contribution < 1.29 is 20.1 Å². The summed E-state index contributed by atoms with van der Waals surface area (Å²) in [7, 11) is 0. The Balaban J connectivity index is 1.89. The van der Waals surface area contributed by atoms with Gasteiger partial charge in [-0.15, -0.1) is 0 Å². The minimum atomic E-state index is -1.16. The molecule has 1 aliphatic rings. The molecule has 3 aromatic heterocycles. The van der Waals surface area contributed by atoms with Gasteiger partial charge in [-0.2, -0.15) is 0 Å². The van der Waals surface area contributed by atoms with Crippen LogP contribution in [0.1, 0.15) is 6.23 Å². The largest absolute Gasteiger partial charge is 0.394 e. The summed E-state index contributed by atoms with van der Waals surface area (Å²) in [5.41, 5.74) is 1.29. The SMILES string of the molecule is OC[C@H]1O[C@@H](n2cc(Br)c3c2ncn2ccnc32)[C@H](O)[C@@H]1O. The second-order valence-corrected chi connectivity index (χ2v) is 6.07. The third kappa shape index (κ3) is 1.83. The lowest BCUT2D eigenvalue weighted by Gasteiger charge is -2.17. The van der Waals surface area contributed by atoms with Gasteiger partial charge in [0.15, 0.2) is 6.23 Å². The summed E-state index contributed by atoms with van der Waals surface area (Å²) in [5, 5.41) is 30.1. The molecule has 3 N–H and O–H groups in total. The van der Waals surface area contributed by atoms with E-state index in [1.165, 1.54) is 0 Å². The number of halogens is 1. The molecular formula is C13H13BrN4O4. The molecule has 22 heavy (non-hydrogen) atoms. The first-order chi connectivity index (χ1) is 10.6. The zero-order valence-corrected chi connectivity index (χ0v) is 12.8. The molecule has 0 aliphatic carbocycles. The molecule has 116 valence electrons. The highest BCUT2D eigenvalue weighted by Crippen LogP contribution is 2.35. The normalized spacial score (nSPS) is 28.9. The Morgan fingerprint density at radius 2 is 2.05 bits per heavy atom. The van der Waals surface area contributed by atoms with E-state index >= 15 is 0 Å². The van der Waals surface area contributed by atoms with Gasteiger partial charge in [0.2, 0.25) is 0 Å². The lowest BCUT2D eigenvalue weighted by Crippen LogP contribution is -2.33. The van der Waals surface area contributed by atoms with E-state index in [1.54, 1.807) is 33.9 Å². The molecule has 0 aromatic carbocycles. The molecule has 0 radical (unpaired) electrons. The van der Waals surface area contributed by atoms with Gasteiger partial charge in [0, 0.05) is 23.1 Å². The van der Waals surface area contributed by atoms with E-state index in [4.69, 9.17) is 4.74 Å². The number of rotatable bonds is 2. The molecular weight excluding hydrogens is 356 g/mol. The summed E-state index contributed by atoms with van der Waals surface area (Å²) in [6.45, 7) is -0.368. The molecule has 3 aromatic rings. The first kappa shape index (κ1) is 14.1. The number of nitrogens with zero attached hydrogens (tertiary/aromatic N) is 4. The van der Waals surface area contributed by atoms with Crippen molar-refractivity contribution in [3.05, 3.63) is 29.4 Å². The van der Waals surface area contributed by atoms with Gasteiger partial charge in [0.05, 0.1) is 12.0 Å². The molecule has 0 amide bonds. The van der Waals surface area contributed by atoms with Crippen molar-refractivity contribution in [1.29, 1.82) is 0 Å². The fraction of sp³-hybridized carbons (Fsp3) is 0.385. The molecule has 1 aliphatic heterocycles. The summed E-state index contributed by atoms with van der Waals surface area (Å²) in [6.07, 6.45) is 2.85. The molecule has 1 fully saturated rings. The van der Waals surface area contributed by atoms with Crippen LogP contribution in [0.25, 0.3) is 16.7 Å². The van der Waals surface area contributed by atoms with Crippen LogP contribution in [0, 0.1) is 0 Å². The fourth-order valence-electron chi connectivity index (χ4n) is 2.84. The Morgan fingerprint density at radius 1 is 1.23 bits per heavy atom. The van der Waals surface area contributed by atoms with Gasteiger partial charge in [-0.05, 0) is 15.9 Å². The van der Waals surface area contributed by atoms with Crippen LogP contribution in [0.5, 0.6) is 0 Å². The van der Waals surface area contributed by atoms with Crippen molar-refractivity contribution in [3.63, 3.8) is 0 Å². The van der Waals surface area contributed by atoms with Crippen LogP contribution in [0.4, 0.5) is 0 Å². The van der Waals surface area contributed by atoms with Crippen LogP contribution in [-0.2, 0) is 4.74 Å². The van der Waals surface area contributed by atoms with Gasteiger partial charge >= 0.3 is 0 Å². The van der Waals surface area contributed by atoms with Crippen LogP contribution in [-0.4, -0.2) is 59.2 Å². The molecule has 4 rings (SSSR count). The van der Waals surface area contributed by atoms with E-state index in [1.807, 2.05) is 0 Å². The molecule has 8 nitrogen and oxygen atoms in total. The smallest absolute Gasteiger partial charge is 0.164 e. The topological polar surface area (TPSA) is 105 Å². The van der Waals surface area contributed by atoms with Gasteiger partial charge in [-0.1, -0.05) is 0 Å². The van der Waals surface area contributed by atoms with Crippen molar-refractivity contribution in [2.75, 3.05) is 6.61 Å². The van der Waals surface area contributed by atoms with E-state index in [2.05, 4.69) is 25.9 Å². The predicted octanol–water partition coefficient (Wildman–Crippen LogP) is 0.0580. The van der Waals surface area contributed by atoms with E-state index in [0.29, 0.717) is 5.65 Å². The van der Waals surface area contributed by atoms with Crippen molar-refractivity contribution in [2.45, 2.75) is 24.5 Å². The third-order valence-electron chi connectivity index (χ3n) is 3.95. The number of aromatic nitrogens is 4. The molecule has 9 heteroatoms. The van der Waals surface area contributed by atoms with Crippen LogP contribution in [0.3, 0.4) is 0 Å². The Hall–Kier alpha value is -1.52. The third-order valence-corrected chi connectivity index (χ3v) is 4.55. The van der Waals surface area contributed by atoms with E-state index in [-0.39, 0.29) is 6.61 Å². The molecule has 0 unspecified atom stereocenters. The standard InChI is InChI=1S/C13H13BrN4O4/c14-6-3-18(13-10(21)9(20)7(4-19)22-13)12-8(6)11-15-1-2-17(11)5-16-12/h1-3,5,7,9-10,13,19-21H,4H2/t7-,9-,10-,13-/m1/s1. The Bertz CT molecular complexity index is 847. The molecule has 4 heterocycles. The number of aliphatic hydroxyl groups is 3. The number of hydrogen-bond donors (Lipinski definition) is 3. The average Bonchev–Trinajstić information content (AvgIpc) is 3.17. The second-order valence-electron chi connectivity index (χ2n) is 5.21. The first-order valence-electron chi connectivity index (χ1n) is 6.72. The van der Waals surface area contributed by atoms with Crippen molar-refractivity contribution in [1.82, 2.24) is 18.9 Å². The van der Waals surface area contributed by atoms with Crippen molar-refractivity contribution in [3.8, 4) is 0 Å². The highest BCUT2D eigenvalue weighted by molar-refractivity contribution is 9.10. The van der Waals surface area contributed by atoms with Gasteiger partial charge in [0.1, 0.15) is 35.9 Å². The minimum Gasteiger partial charge on any atom is -0.394 e. The predicted molar refractivity (Wildman–Crippen MR) is 79.2 cm³/mol. The van der Waals surface area contributed by atoms with Gasteiger partial charge in [-0.25, -0.2) is 9.97 Å². The summed E-state index contributed by atoms with van der Waals surface area (Å²) in [6, 6.07) is 0. The number of ether oxygens (including phenoxy) is 1. The molecule has 0 saturated carbocycles. The van der Waals surface area contributed by atoms with Crippen LogP contribution in [0.15, 0.2) is 29.4 Å². The molecule has 4 atom stereocenters. The highest BCUT2D eigenvalue weighted by Gasteiger charge is 2.44. The number of imidazole rings is 1. The van der Waals surface area contributed by atoms with Crippen LogP contribution >= 0.6 is 15.9 Å². The molecule has 0 spiro atoms. The monoisotopic (exact) mass is 368 g/mol. The van der Waals surface area contributed by atoms with E-state index in [9.17, 15) is 15.3 Å². The maximum atomic E-state index is 10.2. The summed E-state index contributed by atoms with van der Waals surface area (Å²) in [4.78, 5) is 8.68. The average molecular weight is 369 g/mol. The number of fused-ring (bicyclic) bond motifs is 3. The van der Waals surface area contributed by atoms with E-state index in [0.717, 1.165) is 15.5 Å². The quantitative estimate of drug-likeness (QED) is 0.590. The molecule has 0 bridgehead atoms. The fourth-order valence-corrected chi connectivity index (χ4v) is 3.42. The summed E-state index contributed by atoms with van der Waals surface area (Å²) < 4.78 is 9.74. The minimum absolute atomic E-state index is 0.368. The highest BCUT2D eigenvalue weighted by atomic mass is 79.9. The van der Waals surface area contributed by atoms with Gasteiger partial charge in [0.25, 0.3) is 0 Å². The number of aliphatic hydroxyl groups excluding tert-OH is 3. The Morgan fingerprint density at radius 3 is 2.77 bits per heavy atom. The van der Waals surface area contributed by atoms with Crippen molar-refractivity contribution >= 4 is 32.6 Å². The second kappa shape index (κ2) is 5.00. The molecule has 1 saturated heterocycles. The van der Waals surface area contributed by atoms with Crippen LogP contribution in [0.2, 0.25) is 0 Å². The number of hydrogen-bond acceptors (Lipinski definition) is 6. The first-order valence-corrected chi connectivity index (χ1v) is 7.51. The maximum absolute atomic E-state index is 10.2. The van der Waals surface area contributed by atoms with Gasteiger partial charge < -0.3 is 24.6 Å². The maximum Gasteiger partial charge on any atom is 0.164 e. The zero-order chi connectivity index (χ0) is 15.4.